The molecule has 1 aromatic rings. The van der Waals surface area contributed by atoms with Gasteiger partial charge in [0.15, 0.2) is 0 Å². The summed E-state index contributed by atoms with van der Waals surface area (Å²) < 4.78 is 35.6. The van der Waals surface area contributed by atoms with Gasteiger partial charge in [-0.1, -0.05) is 26.2 Å². The quantitative estimate of drug-likeness (QED) is 0.495. The fourth-order valence-corrected chi connectivity index (χ4v) is 7.62. The van der Waals surface area contributed by atoms with E-state index in [1.165, 1.54) is 0 Å². The first-order valence-corrected chi connectivity index (χ1v) is 13.8. The minimum Gasteiger partial charge on any atom is -0.487 e. The predicted molar refractivity (Wildman–Crippen MR) is 131 cm³/mol. The number of hydrogen-bond donors (Lipinski definition) is 1. The Morgan fingerprint density at radius 1 is 1.03 bits per heavy atom. The second-order valence-corrected chi connectivity index (χ2v) is 12.7. The van der Waals surface area contributed by atoms with Crippen molar-refractivity contribution in [3.63, 3.8) is 0 Å². The topological polar surface area (TPSA) is 83.9 Å². The molecule has 0 spiro atoms. The first kappa shape index (κ1) is 26.0. The Hall–Kier alpha value is -1.60. The molecule has 33 heavy (non-hydrogen) atoms. The number of sulfonamides is 1. The number of benzene rings is 1. The molecular weight excluding hydrogens is 438 g/mol. The molecule has 0 aliphatic carbocycles. The van der Waals surface area contributed by atoms with Crippen LogP contribution in [0.5, 0.6) is 5.75 Å². The fraction of sp³-hybridized carbons (Fsp3) is 0.731. The molecule has 3 rings (SSSR count). The number of unbranched alkanes of at least 4 members (excludes halogenated alkanes) is 2. The van der Waals surface area contributed by atoms with Crippen molar-refractivity contribution >= 4 is 16.0 Å². The third-order valence-corrected chi connectivity index (χ3v) is 10.1. The average Bonchev–Trinajstić information content (AvgIpc) is 2.71. The maximum atomic E-state index is 13.9. The van der Waals surface area contributed by atoms with Crippen LogP contribution in [0.4, 0.5) is 0 Å². The summed E-state index contributed by atoms with van der Waals surface area (Å²) in [5.74, 6) is 0.0537. The van der Waals surface area contributed by atoms with Gasteiger partial charge >= 0.3 is 5.97 Å². The normalized spacial score (nSPS) is 20.2. The zero-order chi connectivity index (χ0) is 24.6. The van der Waals surface area contributed by atoms with Crippen LogP contribution in [0.2, 0.25) is 0 Å². The highest BCUT2D eigenvalue weighted by Crippen LogP contribution is 2.45. The monoisotopic (exact) mass is 479 g/mol. The summed E-state index contributed by atoms with van der Waals surface area (Å²) in [5.41, 5.74) is 2.91. The maximum Gasteiger partial charge on any atom is 0.303 e. The molecule has 0 aromatic heterocycles. The lowest BCUT2D eigenvalue weighted by molar-refractivity contribution is -0.140. The molecule has 186 valence electrons. The Balaban J connectivity index is 1.90. The predicted octanol–water partition coefficient (Wildman–Crippen LogP) is 5.54. The second-order valence-electron chi connectivity index (χ2n) is 10.8. The smallest absolute Gasteiger partial charge is 0.303 e. The summed E-state index contributed by atoms with van der Waals surface area (Å²) >= 11 is 0. The first-order chi connectivity index (χ1) is 15.3. The van der Waals surface area contributed by atoms with E-state index in [0.717, 1.165) is 66.5 Å². The van der Waals surface area contributed by atoms with E-state index >= 15 is 0 Å². The number of piperidine rings is 1. The summed E-state index contributed by atoms with van der Waals surface area (Å²) in [6, 6.07) is 0. The second kappa shape index (κ2) is 9.57. The van der Waals surface area contributed by atoms with E-state index in [2.05, 4.69) is 20.8 Å². The van der Waals surface area contributed by atoms with Crippen molar-refractivity contribution < 1.29 is 23.1 Å². The standard InChI is InChI=1S/C26H41NO5S/c1-7-8-9-11-26(17-22(28)29)13-15-27(16-14-26)33(30,31)24-19(3)18(2)23-21(20(24)4)10-12-25(5,6)32-23/h7-17H2,1-6H3,(H,28,29). The molecule has 6 nitrogen and oxygen atoms in total. The fourth-order valence-electron chi connectivity index (χ4n) is 5.65. The van der Waals surface area contributed by atoms with Crippen molar-refractivity contribution in [2.45, 2.75) is 110 Å². The molecule has 0 unspecified atom stereocenters. The van der Waals surface area contributed by atoms with E-state index in [0.29, 0.717) is 30.8 Å². The van der Waals surface area contributed by atoms with Gasteiger partial charge in [0.2, 0.25) is 10.0 Å². The van der Waals surface area contributed by atoms with E-state index < -0.39 is 16.0 Å². The number of hydrogen-bond acceptors (Lipinski definition) is 4. The van der Waals surface area contributed by atoms with Crippen LogP contribution >= 0.6 is 0 Å². The number of aliphatic carboxylic acids is 1. The third kappa shape index (κ3) is 5.24. The lowest BCUT2D eigenvalue weighted by atomic mass is 9.72. The molecule has 1 aromatic carbocycles. The summed E-state index contributed by atoms with van der Waals surface area (Å²) in [6.45, 7) is 12.8. The summed E-state index contributed by atoms with van der Waals surface area (Å²) in [6.07, 6.45) is 6.98. The van der Waals surface area contributed by atoms with Crippen molar-refractivity contribution in [3.8, 4) is 5.75 Å². The lowest BCUT2D eigenvalue weighted by Crippen LogP contribution is -2.44. The Bertz CT molecular complexity index is 1000. The van der Waals surface area contributed by atoms with Gasteiger partial charge < -0.3 is 9.84 Å². The molecule has 0 bridgehead atoms. The van der Waals surface area contributed by atoms with Gasteiger partial charge in [-0.25, -0.2) is 8.42 Å². The highest BCUT2D eigenvalue weighted by Gasteiger charge is 2.41. The van der Waals surface area contributed by atoms with Crippen molar-refractivity contribution in [2.24, 2.45) is 5.41 Å². The van der Waals surface area contributed by atoms with Crippen LogP contribution in [0.1, 0.15) is 94.4 Å². The Kier molecular flexibility index (Phi) is 7.54. The van der Waals surface area contributed by atoms with E-state index in [1.807, 2.05) is 20.8 Å². The maximum absolute atomic E-state index is 13.9. The van der Waals surface area contributed by atoms with Crippen LogP contribution < -0.4 is 4.74 Å². The molecule has 0 radical (unpaired) electrons. The Labute approximate surface area is 199 Å². The molecule has 0 saturated carbocycles. The molecule has 1 N–H and O–H groups in total. The lowest BCUT2D eigenvalue weighted by Gasteiger charge is -2.41. The number of carboxylic acid groups (broad SMARTS) is 1. The highest BCUT2D eigenvalue weighted by molar-refractivity contribution is 7.89. The molecule has 0 atom stereocenters. The first-order valence-electron chi connectivity index (χ1n) is 12.4. The Morgan fingerprint density at radius 2 is 1.67 bits per heavy atom. The largest absolute Gasteiger partial charge is 0.487 e. The zero-order valence-corrected chi connectivity index (χ0v) is 22.0. The van der Waals surface area contributed by atoms with Crippen molar-refractivity contribution in [3.05, 3.63) is 22.3 Å². The molecule has 1 saturated heterocycles. The highest BCUT2D eigenvalue weighted by atomic mass is 32.2. The van der Waals surface area contributed by atoms with Gasteiger partial charge in [-0.15, -0.1) is 0 Å². The Morgan fingerprint density at radius 3 is 2.24 bits per heavy atom. The van der Waals surface area contributed by atoms with Crippen molar-refractivity contribution in [1.82, 2.24) is 4.31 Å². The zero-order valence-electron chi connectivity index (χ0n) is 21.2. The number of carbonyl (C=O) groups is 1. The van der Waals surface area contributed by atoms with E-state index in [4.69, 9.17) is 4.74 Å². The molecule has 2 aliphatic rings. The minimum absolute atomic E-state index is 0.119. The van der Waals surface area contributed by atoms with Gasteiger partial charge in [0.25, 0.3) is 0 Å². The van der Waals surface area contributed by atoms with Crippen LogP contribution in [-0.4, -0.2) is 42.5 Å². The van der Waals surface area contributed by atoms with Gasteiger partial charge in [0.1, 0.15) is 11.4 Å². The van der Waals surface area contributed by atoms with Gasteiger partial charge in [-0.2, -0.15) is 4.31 Å². The van der Waals surface area contributed by atoms with E-state index in [1.54, 1.807) is 4.31 Å². The summed E-state index contributed by atoms with van der Waals surface area (Å²) in [4.78, 5) is 12.0. The molecule has 1 fully saturated rings. The van der Waals surface area contributed by atoms with Gasteiger partial charge in [-0.3, -0.25) is 4.79 Å². The minimum atomic E-state index is -3.68. The third-order valence-electron chi connectivity index (χ3n) is 7.88. The number of carboxylic acids is 1. The summed E-state index contributed by atoms with van der Waals surface area (Å²) in [7, 11) is -3.68. The van der Waals surface area contributed by atoms with Crippen LogP contribution in [0.3, 0.4) is 0 Å². The van der Waals surface area contributed by atoms with Gasteiger partial charge in [-0.05, 0) is 94.4 Å². The van der Waals surface area contributed by atoms with Crippen LogP contribution in [0.25, 0.3) is 0 Å². The van der Waals surface area contributed by atoms with Crippen molar-refractivity contribution in [2.75, 3.05) is 13.1 Å². The average molecular weight is 480 g/mol. The molecule has 0 amide bonds. The van der Waals surface area contributed by atoms with Crippen molar-refractivity contribution in [1.29, 1.82) is 0 Å². The molecule has 2 aliphatic heterocycles. The van der Waals surface area contributed by atoms with E-state index in [-0.39, 0.29) is 17.4 Å². The number of fused-ring (bicyclic) bond motifs is 1. The summed E-state index contributed by atoms with van der Waals surface area (Å²) in [5, 5.41) is 9.50. The van der Waals surface area contributed by atoms with E-state index in [9.17, 15) is 18.3 Å². The number of ether oxygens (including phenoxy) is 1. The van der Waals surface area contributed by atoms with Gasteiger partial charge in [0.05, 0.1) is 11.3 Å². The van der Waals surface area contributed by atoms with Crippen LogP contribution in [0, 0.1) is 26.2 Å². The molecule has 2 heterocycles. The number of rotatable bonds is 8. The van der Waals surface area contributed by atoms with Crippen LogP contribution in [-0.2, 0) is 21.2 Å². The molecule has 7 heteroatoms. The van der Waals surface area contributed by atoms with Crippen LogP contribution in [0.15, 0.2) is 4.90 Å². The molecular formula is C26H41NO5S. The SMILES string of the molecule is CCCCCC1(CC(=O)O)CCN(S(=O)(=O)c2c(C)c(C)c3c(c2C)CCC(C)(C)O3)CC1. The number of nitrogens with zero attached hydrogens (tertiary/aromatic N) is 1. The van der Waals surface area contributed by atoms with Gasteiger partial charge in [0, 0.05) is 13.1 Å².